The molecule has 1 aromatic carbocycles. The van der Waals surface area contributed by atoms with Crippen molar-refractivity contribution in [2.75, 3.05) is 0 Å². The van der Waals surface area contributed by atoms with Crippen LogP contribution in [0.25, 0.3) is 6.08 Å². The van der Waals surface area contributed by atoms with E-state index in [1.54, 1.807) is 18.2 Å². The lowest BCUT2D eigenvalue weighted by Gasteiger charge is -2.43. The molecule has 2 fully saturated rings. The highest BCUT2D eigenvalue weighted by atomic mass is 16.6. The molecule has 2 amide bonds. The van der Waals surface area contributed by atoms with Gasteiger partial charge < -0.3 is 10.6 Å². The zero-order valence-corrected chi connectivity index (χ0v) is 14.7. The number of non-ortho nitro benzene ring substituents is 1. The van der Waals surface area contributed by atoms with Crippen molar-refractivity contribution in [1.82, 2.24) is 10.6 Å². The summed E-state index contributed by atoms with van der Waals surface area (Å²) in [6.07, 6.45) is 6.35. The van der Waals surface area contributed by atoms with Gasteiger partial charge in [0.15, 0.2) is 0 Å². The van der Waals surface area contributed by atoms with Crippen molar-refractivity contribution in [2.24, 2.45) is 11.8 Å². The van der Waals surface area contributed by atoms with Crippen LogP contribution in [0.1, 0.15) is 38.2 Å². The molecule has 1 saturated carbocycles. The summed E-state index contributed by atoms with van der Waals surface area (Å²) in [6.45, 7) is 2.13. The minimum atomic E-state index is -0.457. The number of amides is 2. The normalized spacial score (nSPS) is 28.3. The Hall–Kier alpha value is -2.70. The molecule has 3 rings (SSSR count). The van der Waals surface area contributed by atoms with Crippen molar-refractivity contribution in [3.05, 3.63) is 46.0 Å². The fourth-order valence-corrected chi connectivity index (χ4v) is 4.01. The average molecular weight is 357 g/mol. The molecule has 4 atom stereocenters. The Kier molecular flexibility index (Phi) is 5.35. The number of hydrogen-bond donors (Lipinski definition) is 2. The standard InChI is InChI=1S/C19H23N3O4/c1-12-10-19(24)21-17-11-14(5-8-16(12)17)20-18(23)9-4-13-2-6-15(7-3-13)22(25)26/h2-4,6-7,9,12,14,16-17H,5,8,10-11H2,1H3,(H,20,23)(H,21,24)/b9-4-. The highest BCUT2D eigenvalue weighted by Gasteiger charge is 2.38. The lowest BCUT2D eigenvalue weighted by Crippen LogP contribution is -2.54. The van der Waals surface area contributed by atoms with Crippen LogP contribution >= 0.6 is 0 Å². The predicted octanol–water partition coefficient (Wildman–Crippen LogP) is 2.42. The van der Waals surface area contributed by atoms with E-state index in [-0.39, 0.29) is 29.6 Å². The first-order valence-corrected chi connectivity index (χ1v) is 8.95. The summed E-state index contributed by atoms with van der Waals surface area (Å²) in [5, 5.41) is 16.7. The summed E-state index contributed by atoms with van der Waals surface area (Å²) in [6, 6.07) is 6.22. The molecule has 1 aromatic rings. The Labute approximate surface area is 152 Å². The third-order valence-electron chi connectivity index (χ3n) is 5.37. The van der Waals surface area contributed by atoms with Crippen molar-refractivity contribution >= 4 is 23.6 Å². The van der Waals surface area contributed by atoms with E-state index < -0.39 is 4.92 Å². The minimum absolute atomic E-state index is 0.0205. The second kappa shape index (κ2) is 7.68. The fraction of sp³-hybridized carbons (Fsp3) is 0.474. The maximum absolute atomic E-state index is 12.2. The summed E-state index contributed by atoms with van der Waals surface area (Å²) < 4.78 is 0. The molecule has 0 bridgehead atoms. The molecule has 0 aromatic heterocycles. The quantitative estimate of drug-likeness (QED) is 0.491. The van der Waals surface area contributed by atoms with Crippen LogP contribution in [0, 0.1) is 22.0 Å². The third kappa shape index (κ3) is 4.28. The van der Waals surface area contributed by atoms with Crippen molar-refractivity contribution in [3.8, 4) is 0 Å². The molecule has 2 aliphatic rings. The van der Waals surface area contributed by atoms with Gasteiger partial charge in [-0.3, -0.25) is 19.7 Å². The molecule has 1 aliphatic carbocycles. The topological polar surface area (TPSA) is 101 Å². The van der Waals surface area contributed by atoms with E-state index in [1.807, 2.05) is 0 Å². The van der Waals surface area contributed by atoms with Gasteiger partial charge >= 0.3 is 0 Å². The Bertz CT molecular complexity index is 729. The number of nitrogens with one attached hydrogen (secondary N) is 2. The highest BCUT2D eigenvalue weighted by Crippen LogP contribution is 2.35. The lowest BCUT2D eigenvalue weighted by atomic mass is 9.72. The fourth-order valence-electron chi connectivity index (χ4n) is 4.01. The Morgan fingerprint density at radius 3 is 2.73 bits per heavy atom. The average Bonchev–Trinajstić information content (AvgIpc) is 2.60. The highest BCUT2D eigenvalue weighted by molar-refractivity contribution is 5.92. The molecule has 26 heavy (non-hydrogen) atoms. The molecule has 1 saturated heterocycles. The molecule has 138 valence electrons. The van der Waals surface area contributed by atoms with Crippen molar-refractivity contribution in [3.63, 3.8) is 0 Å². The van der Waals surface area contributed by atoms with Crippen LogP contribution in [0.3, 0.4) is 0 Å². The first-order chi connectivity index (χ1) is 12.4. The molecule has 2 N–H and O–H groups in total. The van der Waals surface area contributed by atoms with Gasteiger partial charge in [-0.1, -0.05) is 6.92 Å². The maximum Gasteiger partial charge on any atom is 0.269 e. The maximum atomic E-state index is 12.2. The summed E-state index contributed by atoms with van der Waals surface area (Å²) in [5.41, 5.74) is 0.745. The number of carbonyl (C=O) groups is 2. The second-order valence-electron chi connectivity index (χ2n) is 7.22. The molecule has 1 aliphatic heterocycles. The molecular formula is C19H23N3O4. The number of fused-ring (bicyclic) bond motifs is 1. The van der Waals surface area contributed by atoms with Gasteiger partial charge in [0.1, 0.15) is 0 Å². The minimum Gasteiger partial charge on any atom is -0.353 e. The van der Waals surface area contributed by atoms with Gasteiger partial charge in [-0.25, -0.2) is 0 Å². The van der Waals surface area contributed by atoms with E-state index >= 15 is 0 Å². The second-order valence-corrected chi connectivity index (χ2v) is 7.22. The van der Waals surface area contributed by atoms with E-state index in [9.17, 15) is 19.7 Å². The van der Waals surface area contributed by atoms with Crippen molar-refractivity contribution < 1.29 is 14.5 Å². The first kappa shape index (κ1) is 18.1. The van der Waals surface area contributed by atoms with Crippen LogP contribution in [0.15, 0.2) is 30.3 Å². The third-order valence-corrected chi connectivity index (χ3v) is 5.37. The van der Waals surface area contributed by atoms with Gasteiger partial charge in [-0.2, -0.15) is 0 Å². The molecule has 7 heteroatoms. The van der Waals surface area contributed by atoms with Crippen LogP contribution in [0.4, 0.5) is 5.69 Å². The number of benzene rings is 1. The van der Waals surface area contributed by atoms with E-state index in [2.05, 4.69) is 17.6 Å². The van der Waals surface area contributed by atoms with Gasteiger partial charge in [0, 0.05) is 36.7 Å². The zero-order chi connectivity index (χ0) is 18.7. The number of piperidine rings is 1. The number of nitro benzene ring substituents is 1. The van der Waals surface area contributed by atoms with Gasteiger partial charge in [-0.05, 0) is 54.9 Å². The van der Waals surface area contributed by atoms with Gasteiger partial charge in [-0.15, -0.1) is 0 Å². The SMILES string of the molecule is CC1CC(=O)NC2CC(NC(=O)/C=C\c3ccc([N+](=O)[O-])cc3)CCC12. The lowest BCUT2D eigenvalue weighted by molar-refractivity contribution is -0.384. The first-order valence-electron chi connectivity index (χ1n) is 8.95. The van der Waals surface area contributed by atoms with Crippen LogP contribution in [0.2, 0.25) is 0 Å². The van der Waals surface area contributed by atoms with E-state index in [1.165, 1.54) is 18.2 Å². The number of nitro groups is 1. The van der Waals surface area contributed by atoms with Crippen molar-refractivity contribution in [2.45, 2.75) is 44.7 Å². The van der Waals surface area contributed by atoms with Gasteiger partial charge in [0.05, 0.1) is 4.92 Å². The van der Waals surface area contributed by atoms with Crippen LogP contribution in [0.5, 0.6) is 0 Å². The monoisotopic (exact) mass is 357 g/mol. The Balaban J connectivity index is 1.53. The smallest absolute Gasteiger partial charge is 0.269 e. The van der Waals surface area contributed by atoms with E-state index in [0.29, 0.717) is 18.3 Å². The number of carbonyl (C=O) groups excluding carboxylic acids is 2. The van der Waals surface area contributed by atoms with E-state index in [4.69, 9.17) is 0 Å². The van der Waals surface area contributed by atoms with Crippen molar-refractivity contribution in [1.29, 1.82) is 0 Å². The Morgan fingerprint density at radius 2 is 2.04 bits per heavy atom. The zero-order valence-electron chi connectivity index (χ0n) is 14.7. The number of rotatable bonds is 4. The molecule has 1 heterocycles. The molecule has 7 nitrogen and oxygen atoms in total. The largest absolute Gasteiger partial charge is 0.353 e. The predicted molar refractivity (Wildman–Crippen MR) is 97.1 cm³/mol. The Morgan fingerprint density at radius 1 is 1.31 bits per heavy atom. The molecule has 0 spiro atoms. The molecule has 0 radical (unpaired) electrons. The summed E-state index contributed by atoms with van der Waals surface area (Å²) in [4.78, 5) is 34.1. The van der Waals surface area contributed by atoms with Gasteiger partial charge in [0.2, 0.25) is 11.8 Å². The summed E-state index contributed by atoms with van der Waals surface area (Å²) in [7, 11) is 0. The molecular weight excluding hydrogens is 334 g/mol. The van der Waals surface area contributed by atoms with Gasteiger partial charge in [0.25, 0.3) is 5.69 Å². The summed E-state index contributed by atoms with van der Waals surface area (Å²) in [5.74, 6) is 0.801. The van der Waals surface area contributed by atoms with E-state index in [0.717, 1.165) is 24.8 Å². The molecule has 4 unspecified atom stereocenters. The number of hydrogen-bond acceptors (Lipinski definition) is 4. The number of nitrogens with zero attached hydrogens (tertiary/aromatic N) is 1. The van der Waals surface area contributed by atoms with Crippen LogP contribution in [-0.4, -0.2) is 28.8 Å². The summed E-state index contributed by atoms with van der Waals surface area (Å²) >= 11 is 0. The van der Waals surface area contributed by atoms with Crippen LogP contribution in [-0.2, 0) is 9.59 Å². The van der Waals surface area contributed by atoms with Crippen LogP contribution < -0.4 is 10.6 Å².